The second-order valence-electron chi connectivity index (χ2n) is 11.3. The standard InChI is InChI=1S/C31H30Cl2N2O7/c1-31(2,3)42-30(39)35-15-20-14-26-24(12-19(20)13-25(35)29(37)38)34(4)28(36)27(41-26)18-6-8-21(9-7-18)40-16-17-5-10-22(32)23(33)11-17/h5-12,14,25,27H,13,15-16H2,1-4H3,(H,37,38)/t25-,27+/m0/s1. The van der Waals surface area contributed by atoms with E-state index in [-0.39, 0.29) is 18.9 Å². The zero-order valence-corrected chi connectivity index (χ0v) is 25.0. The van der Waals surface area contributed by atoms with Gasteiger partial charge in [0.1, 0.15) is 29.7 Å². The maximum Gasteiger partial charge on any atom is 0.411 e. The molecule has 0 saturated heterocycles. The summed E-state index contributed by atoms with van der Waals surface area (Å²) in [6.45, 7) is 5.50. The SMILES string of the molecule is CN1C(=O)[C@@H](c2ccc(OCc3ccc(Cl)c(Cl)c3)cc2)Oc2cc3c(cc21)C[C@@H](C(=O)O)N(C(=O)OC(C)(C)C)C3. The third-order valence-electron chi connectivity index (χ3n) is 7.06. The van der Waals surface area contributed by atoms with Crippen molar-refractivity contribution < 1.29 is 33.7 Å². The van der Waals surface area contributed by atoms with Crippen LogP contribution < -0.4 is 14.4 Å². The lowest BCUT2D eigenvalue weighted by Crippen LogP contribution is -2.50. The molecule has 1 N–H and O–H groups in total. The van der Waals surface area contributed by atoms with Gasteiger partial charge in [-0.1, -0.05) is 41.4 Å². The maximum absolute atomic E-state index is 13.3. The van der Waals surface area contributed by atoms with Gasteiger partial charge in [0.2, 0.25) is 6.10 Å². The predicted octanol–water partition coefficient (Wildman–Crippen LogP) is 6.42. The number of ether oxygens (including phenoxy) is 3. The number of amides is 2. The van der Waals surface area contributed by atoms with Crippen LogP contribution in [0.2, 0.25) is 10.0 Å². The molecule has 2 amide bonds. The Morgan fingerprint density at radius 1 is 1.02 bits per heavy atom. The fourth-order valence-corrected chi connectivity index (χ4v) is 5.23. The van der Waals surface area contributed by atoms with Crippen molar-refractivity contribution in [2.75, 3.05) is 11.9 Å². The van der Waals surface area contributed by atoms with E-state index in [1.165, 1.54) is 9.80 Å². The Morgan fingerprint density at radius 2 is 1.74 bits per heavy atom. The third-order valence-corrected chi connectivity index (χ3v) is 7.80. The number of carbonyl (C=O) groups is 3. The van der Waals surface area contributed by atoms with Gasteiger partial charge in [0.25, 0.3) is 5.91 Å². The van der Waals surface area contributed by atoms with Crippen molar-refractivity contribution in [3.8, 4) is 11.5 Å². The maximum atomic E-state index is 13.3. The van der Waals surface area contributed by atoms with Gasteiger partial charge in [-0.25, -0.2) is 9.59 Å². The highest BCUT2D eigenvalue weighted by molar-refractivity contribution is 6.42. The number of fused-ring (bicyclic) bond motifs is 2. The second kappa shape index (κ2) is 11.4. The average molecular weight is 613 g/mol. The summed E-state index contributed by atoms with van der Waals surface area (Å²) in [4.78, 5) is 41.0. The zero-order chi connectivity index (χ0) is 30.3. The number of carboxylic acids is 1. The van der Waals surface area contributed by atoms with Gasteiger partial charge in [-0.2, -0.15) is 0 Å². The van der Waals surface area contributed by atoms with Gasteiger partial charge >= 0.3 is 12.1 Å². The normalized spacial score (nSPS) is 18.1. The third kappa shape index (κ3) is 6.12. The van der Waals surface area contributed by atoms with Crippen molar-refractivity contribution in [1.29, 1.82) is 0 Å². The molecule has 3 aromatic rings. The van der Waals surface area contributed by atoms with E-state index in [4.69, 9.17) is 37.4 Å². The van der Waals surface area contributed by atoms with Crippen molar-refractivity contribution in [3.63, 3.8) is 0 Å². The summed E-state index contributed by atoms with van der Waals surface area (Å²) >= 11 is 12.1. The van der Waals surface area contributed by atoms with E-state index in [0.717, 1.165) is 16.7 Å². The van der Waals surface area contributed by atoms with Crippen LogP contribution >= 0.6 is 23.2 Å². The molecule has 0 bridgehead atoms. The Bertz CT molecular complexity index is 1550. The van der Waals surface area contributed by atoms with Crippen LogP contribution in [0.4, 0.5) is 10.5 Å². The highest BCUT2D eigenvalue weighted by Gasteiger charge is 2.40. The molecule has 2 aliphatic heterocycles. The molecular formula is C31H30Cl2N2O7. The number of rotatable bonds is 5. The molecule has 2 atom stereocenters. The molecule has 0 saturated carbocycles. The van der Waals surface area contributed by atoms with E-state index >= 15 is 0 Å². The van der Waals surface area contributed by atoms with Crippen LogP contribution in [-0.2, 0) is 33.9 Å². The van der Waals surface area contributed by atoms with Crippen molar-refractivity contribution in [2.24, 2.45) is 0 Å². The number of halogens is 2. The fourth-order valence-electron chi connectivity index (χ4n) is 4.91. The van der Waals surface area contributed by atoms with E-state index < -0.39 is 29.8 Å². The van der Waals surface area contributed by atoms with Crippen LogP contribution in [0, 0.1) is 0 Å². The predicted molar refractivity (Wildman–Crippen MR) is 157 cm³/mol. The molecule has 0 unspecified atom stereocenters. The lowest BCUT2D eigenvalue weighted by molar-refractivity contribution is -0.143. The van der Waals surface area contributed by atoms with Gasteiger partial charge in [-0.05, 0) is 73.9 Å². The molecule has 0 radical (unpaired) electrons. The van der Waals surface area contributed by atoms with Crippen LogP contribution in [0.3, 0.4) is 0 Å². The summed E-state index contributed by atoms with van der Waals surface area (Å²) in [6.07, 6.45) is -1.53. The number of anilines is 1. The molecule has 0 aliphatic carbocycles. The minimum Gasteiger partial charge on any atom is -0.489 e. The number of carboxylic acid groups (broad SMARTS) is 1. The van der Waals surface area contributed by atoms with Crippen LogP contribution in [0.25, 0.3) is 0 Å². The van der Waals surface area contributed by atoms with Crippen LogP contribution in [-0.4, -0.2) is 46.7 Å². The van der Waals surface area contributed by atoms with E-state index in [2.05, 4.69) is 0 Å². The molecule has 0 aromatic heterocycles. The molecule has 9 nitrogen and oxygen atoms in total. The van der Waals surface area contributed by atoms with E-state index in [0.29, 0.717) is 39.4 Å². The molecule has 42 heavy (non-hydrogen) atoms. The summed E-state index contributed by atoms with van der Waals surface area (Å²) in [5.41, 5.74) is 2.71. The van der Waals surface area contributed by atoms with E-state index in [1.807, 2.05) is 6.07 Å². The number of aliphatic carboxylic acids is 1. The molecule has 2 aliphatic rings. The number of carbonyl (C=O) groups excluding carboxylic acids is 2. The Morgan fingerprint density at radius 3 is 2.38 bits per heavy atom. The number of hydrogen-bond acceptors (Lipinski definition) is 6. The van der Waals surface area contributed by atoms with Crippen molar-refractivity contribution in [1.82, 2.24) is 4.90 Å². The lowest BCUT2D eigenvalue weighted by Gasteiger charge is -2.38. The van der Waals surface area contributed by atoms with E-state index in [1.54, 1.807) is 76.3 Å². The molecule has 0 spiro atoms. The summed E-state index contributed by atoms with van der Waals surface area (Å²) in [6, 6.07) is 14.8. The first-order valence-electron chi connectivity index (χ1n) is 13.3. The molecule has 11 heteroatoms. The molecule has 3 aromatic carbocycles. The topological polar surface area (TPSA) is 106 Å². The van der Waals surface area contributed by atoms with Gasteiger partial charge < -0.3 is 24.2 Å². The molecule has 2 heterocycles. The zero-order valence-electron chi connectivity index (χ0n) is 23.5. The van der Waals surface area contributed by atoms with Crippen molar-refractivity contribution in [3.05, 3.63) is 86.9 Å². The molecule has 5 rings (SSSR count). The van der Waals surface area contributed by atoms with E-state index in [9.17, 15) is 19.5 Å². The summed E-state index contributed by atoms with van der Waals surface area (Å²) in [5, 5.41) is 10.8. The minimum atomic E-state index is -1.13. The quantitative estimate of drug-likeness (QED) is 0.354. The van der Waals surface area contributed by atoms with Crippen LogP contribution in [0.5, 0.6) is 11.5 Å². The highest BCUT2D eigenvalue weighted by Crippen LogP contribution is 2.42. The van der Waals surface area contributed by atoms with Gasteiger partial charge in [0.15, 0.2) is 0 Å². The Hall–Kier alpha value is -3.95. The summed E-state index contributed by atoms with van der Waals surface area (Å²) in [7, 11) is 1.66. The largest absolute Gasteiger partial charge is 0.489 e. The second-order valence-corrected chi connectivity index (χ2v) is 12.1. The lowest BCUT2D eigenvalue weighted by atomic mass is 9.92. The first-order valence-corrected chi connectivity index (χ1v) is 14.1. The fraction of sp³-hybridized carbons (Fsp3) is 0.323. The molecular weight excluding hydrogens is 583 g/mol. The average Bonchev–Trinajstić information content (AvgIpc) is 2.93. The minimum absolute atomic E-state index is 0.0328. The molecule has 220 valence electrons. The van der Waals surface area contributed by atoms with Gasteiger partial charge in [-0.15, -0.1) is 0 Å². The highest BCUT2D eigenvalue weighted by atomic mass is 35.5. The number of benzene rings is 3. The number of hydrogen-bond donors (Lipinski definition) is 1. The van der Waals surface area contributed by atoms with Gasteiger partial charge in [0, 0.05) is 19.0 Å². The van der Waals surface area contributed by atoms with Crippen molar-refractivity contribution >= 4 is 46.9 Å². The van der Waals surface area contributed by atoms with Gasteiger partial charge in [-0.3, -0.25) is 9.69 Å². The summed E-state index contributed by atoms with van der Waals surface area (Å²) in [5.74, 6) is -0.341. The smallest absolute Gasteiger partial charge is 0.411 e. The molecule has 0 fully saturated rings. The monoisotopic (exact) mass is 612 g/mol. The Balaban J connectivity index is 1.35. The first-order chi connectivity index (χ1) is 19.8. The van der Waals surface area contributed by atoms with Crippen molar-refractivity contribution in [2.45, 2.75) is 58.1 Å². The Labute approximate surface area is 253 Å². The van der Waals surface area contributed by atoms with Crippen LogP contribution in [0.15, 0.2) is 54.6 Å². The van der Waals surface area contributed by atoms with Crippen LogP contribution in [0.1, 0.15) is 49.1 Å². The number of nitrogens with zero attached hydrogens (tertiary/aromatic N) is 2. The van der Waals surface area contributed by atoms with Gasteiger partial charge in [0.05, 0.1) is 22.3 Å². The number of likely N-dealkylation sites (N-methyl/N-ethyl adjacent to an activating group) is 1. The first kappa shape index (κ1) is 29.5. The summed E-state index contributed by atoms with van der Waals surface area (Å²) < 4.78 is 17.5. The Kier molecular flexibility index (Phi) is 8.00.